The molecule has 2 rings (SSSR count). The lowest BCUT2D eigenvalue weighted by atomic mass is 9.98. The average molecular weight is 246 g/mol. The van der Waals surface area contributed by atoms with Crippen LogP contribution in [0.2, 0.25) is 0 Å². The van der Waals surface area contributed by atoms with Gasteiger partial charge in [-0.15, -0.1) is 0 Å². The summed E-state index contributed by atoms with van der Waals surface area (Å²) in [5.41, 5.74) is 1.83. The van der Waals surface area contributed by atoms with Gasteiger partial charge in [-0.05, 0) is 55.3 Å². The van der Waals surface area contributed by atoms with E-state index in [2.05, 4.69) is 0 Å². The van der Waals surface area contributed by atoms with Crippen molar-refractivity contribution in [2.75, 3.05) is 0 Å². The van der Waals surface area contributed by atoms with Crippen LogP contribution < -0.4 is 0 Å². The van der Waals surface area contributed by atoms with Crippen molar-refractivity contribution < 1.29 is 13.6 Å². The number of benzene rings is 2. The van der Waals surface area contributed by atoms with Crippen molar-refractivity contribution in [3.63, 3.8) is 0 Å². The SMILES string of the molecule is Cc1cc(F)cc(C(=O)c2cc(F)ccc2C)c1. The Hall–Kier alpha value is -2.03. The zero-order valence-electron chi connectivity index (χ0n) is 10.1. The van der Waals surface area contributed by atoms with E-state index in [9.17, 15) is 13.6 Å². The van der Waals surface area contributed by atoms with E-state index in [1.165, 1.54) is 30.3 Å². The fraction of sp³-hybridized carbons (Fsp3) is 0.133. The first kappa shape index (κ1) is 12.4. The molecule has 18 heavy (non-hydrogen) atoms. The van der Waals surface area contributed by atoms with E-state index in [-0.39, 0.29) is 16.9 Å². The molecule has 0 saturated heterocycles. The Morgan fingerprint density at radius 3 is 2.33 bits per heavy atom. The summed E-state index contributed by atoms with van der Waals surface area (Å²) in [7, 11) is 0. The summed E-state index contributed by atoms with van der Waals surface area (Å²) in [6.45, 7) is 3.43. The summed E-state index contributed by atoms with van der Waals surface area (Å²) < 4.78 is 26.4. The fourth-order valence-corrected chi connectivity index (χ4v) is 1.86. The van der Waals surface area contributed by atoms with Crippen LogP contribution in [0.1, 0.15) is 27.0 Å². The Bertz CT molecular complexity index is 598. The van der Waals surface area contributed by atoms with Gasteiger partial charge in [0.05, 0.1) is 0 Å². The third-order valence-corrected chi connectivity index (χ3v) is 2.75. The molecule has 0 aliphatic rings. The highest BCUT2D eigenvalue weighted by molar-refractivity contribution is 6.10. The molecule has 0 amide bonds. The number of carbonyl (C=O) groups is 1. The van der Waals surface area contributed by atoms with Crippen LogP contribution in [0.5, 0.6) is 0 Å². The number of carbonyl (C=O) groups excluding carboxylic acids is 1. The minimum absolute atomic E-state index is 0.237. The van der Waals surface area contributed by atoms with Crippen LogP contribution in [0, 0.1) is 25.5 Å². The van der Waals surface area contributed by atoms with Crippen LogP contribution in [0.25, 0.3) is 0 Å². The molecule has 92 valence electrons. The lowest BCUT2D eigenvalue weighted by molar-refractivity contribution is 0.103. The van der Waals surface area contributed by atoms with E-state index in [1.807, 2.05) is 0 Å². The molecule has 2 aromatic carbocycles. The third-order valence-electron chi connectivity index (χ3n) is 2.75. The predicted molar refractivity (Wildman–Crippen MR) is 65.7 cm³/mol. The Balaban J connectivity index is 2.51. The molecule has 0 heterocycles. The van der Waals surface area contributed by atoms with E-state index < -0.39 is 11.6 Å². The van der Waals surface area contributed by atoms with Crippen molar-refractivity contribution in [3.8, 4) is 0 Å². The number of hydrogen-bond acceptors (Lipinski definition) is 1. The van der Waals surface area contributed by atoms with Gasteiger partial charge in [0, 0.05) is 11.1 Å². The first-order chi connectivity index (χ1) is 8.47. The topological polar surface area (TPSA) is 17.1 Å². The Morgan fingerprint density at radius 2 is 1.67 bits per heavy atom. The van der Waals surface area contributed by atoms with Gasteiger partial charge in [-0.25, -0.2) is 8.78 Å². The molecule has 0 N–H and O–H groups in total. The Morgan fingerprint density at radius 1 is 0.944 bits per heavy atom. The van der Waals surface area contributed by atoms with Crippen molar-refractivity contribution in [3.05, 3.63) is 70.3 Å². The average Bonchev–Trinajstić information content (AvgIpc) is 2.30. The molecule has 1 nitrogen and oxygen atoms in total. The van der Waals surface area contributed by atoms with Crippen LogP contribution in [0.4, 0.5) is 8.78 Å². The molecule has 0 aromatic heterocycles. The summed E-state index contributed by atoms with van der Waals surface area (Å²) in [6, 6.07) is 8.11. The molecule has 3 heteroatoms. The number of halogens is 2. The summed E-state index contributed by atoms with van der Waals surface area (Å²) in [5, 5.41) is 0. The lowest BCUT2D eigenvalue weighted by Crippen LogP contribution is -2.05. The summed E-state index contributed by atoms with van der Waals surface area (Å²) >= 11 is 0. The second-order valence-corrected chi connectivity index (χ2v) is 4.31. The molecule has 0 saturated carbocycles. The van der Waals surface area contributed by atoms with Crippen LogP contribution in [-0.2, 0) is 0 Å². The first-order valence-electron chi connectivity index (χ1n) is 5.55. The maximum absolute atomic E-state index is 13.3. The van der Waals surface area contributed by atoms with E-state index in [4.69, 9.17) is 0 Å². The predicted octanol–water partition coefficient (Wildman–Crippen LogP) is 3.81. The highest BCUT2D eigenvalue weighted by Gasteiger charge is 2.13. The summed E-state index contributed by atoms with van der Waals surface area (Å²) in [4.78, 5) is 12.2. The van der Waals surface area contributed by atoms with Crippen LogP contribution in [-0.4, -0.2) is 5.78 Å². The molecule has 0 unspecified atom stereocenters. The zero-order chi connectivity index (χ0) is 13.3. The maximum atomic E-state index is 13.3. The largest absolute Gasteiger partial charge is 0.289 e. The van der Waals surface area contributed by atoms with Crippen molar-refractivity contribution in [2.45, 2.75) is 13.8 Å². The lowest BCUT2D eigenvalue weighted by Gasteiger charge is -2.06. The molecule has 2 aromatic rings. The van der Waals surface area contributed by atoms with Gasteiger partial charge in [-0.2, -0.15) is 0 Å². The second-order valence-electron chi connectivity index (χ2n) is 4.31. The molecule has 0 aliphatic heterocycles. The zero-order valence-corrected chi connectivity index (χ0v) is 10.1. The second kappa shape index (κ2) is 4.69. The van der Waals surface area contributed by atoms with Crippen LogP contribution >= 0.6 is 0 Å². The van der Waals surface area contributed by atoms with E-state index in [1.54, 1.807) is 19.9 Å². The quantitative estimate of drug-likeness (QED) is 0.736. The van der Waals surface area contributed by atoms with E-state index >= 15 is 0 Å². The molecule has 0 atom stereocenters. The molecule has 0 fully saturated rings. The van der Waals surface area contributed by atoms with E-state index in [0.29, 0.717) is 11.1 Å². The third kappa shape index (κ3) is 2.45. The van der Waals surface area contributed by atoms with Gasteiger partial charge in [-0.1, -0.05) is 6.07 Å². The number of ketones is 1. The highest BCUT2D eigenvalue weighted by Crippen LogP contribution is 2.17. The van der Waals surface area contributed by atoms with E-state index in [0.717, 1.165) is 0 Å². The van der Waals surface area contributed by atoms with Gasteiger partial charge in [0.2, 0.25) is 0 Å². The van der Waals surface area contributed by atoms with Gasteiger partial charge in [0.25, 0.3) is 0 Å². The minimum Gasteiger partial charge on any atom is -0.289 e. The highest BCUT2D eigenvalue weighted by atomic mass is 19.1. The van der Waals surface area contributed by atoms with Crippen molar-refractivity contribution in [1.82, 2.24) is 0 Å². The Labute approximate surface area is 104 Å². The normalized spacial score (nSPS) is 10.4. The van der Waals surface area contributed by atoms with Gasteiger partial charge < -0.3 is 0 Å². The van der Waals surface area contributed by atoms with Crippen molar-refractivity contribution in [1.29, 1.82) is 0 Å². The Kier molecular flexibility index (Phi) is 3.24. The summed E-state index contributed by atoms with van der Waals surface area (Å²) in [6.07, 6.45) is 0. The van der Waals surface area contributed by atoms with Crippen molar-refractivity contribution in [2.24, 2.45) is 0 Å². The monoisotopic (exact) mass is 246 g/mol. The standard InChI is InChI=1S/C15H12F2O/c1-9-5-11(7-13(17)6-9)15(18)14-8-12(16)4-3-10(14)2/h3-8H,1-2H3. The van der Waals surface area contributed by atoms with Gasteiger partial charge in [-0.3, -0.25) is 4.79 Å². The maximum Gasteiger partial charge on any atom is 0.193 e. The molecule has 0 spiro atoms. The van der Waals surface area contributed by atoms with Crippen LogP contribution in [0.3, 0.4) is 0 Å². The minimum atomic E-state index is -0.475. The smallest absolute Gasteiger partial charge is 0.193 e. The fourth-order valence-electron chi connectivity index (χ4n) is 1.86. The van der Waals surface area contributed by atoms with Crippen molar-refractivity contribution >= 4 is 5.78 Å². The molecule has 0 aliphatic carbocycles. The first-order valence-corrected chi connectivity index (χ1v) is 5.55. The number of aryl methyl sites for hydroxylation is 2. The molecular formula is C15H12F2O. The van der Waals surface area contributed by atoms with Gasteiger partial charge in [0.1, 0.15) is 11.6 Å². The van der Waals surface area contributed by atoms with Gasteiger partial charge in [0.15, 0.2) is 5.78 Å². The number of rotatable bonds is 2. The summed E-state index contributed by atoms with van der Waals surface area (Å²) in [5.74, 6) is -1.31. The van der Waals surface area contributed by atoms with Gasteiger partial charge >= 0.3 is 0 Å². The molecular weight excluding hydrogens is 234 g/mol. The molecule has 0 radical (unpaired) electrons. The molecule has 0 bridgehead atoms. The van der Waals surface area contributed by atoms with Crippen LogP contribution in [0.15, 0.2) is 36.4 Å². The number of hydrogen-bond donors (Lipinski definition) is 0.